The minimum atomic E-state index is 1.36. The second-order valence-electron chi connectivity index (χ2n) is 6.68. The molecule has 0 N–H and O–H groups in total. The first kappa shape index (κ1) is 18.1. The van der Waals surface area contributed by atoms with Crippen LogP contribution in [0.1, 0.15) is 116 Å². The molecule has 0 aliphatic heterocycles. The molecule has 0 bridgehead atoms. The lowest BCUT2D eigenvalue weighted by Crippen LogP contribution is -1.86. The molecule has 0 aromatic carbocycles. The van der Waals surface area contributed by atoms with Crippen LogP contribution in [0.5, 0.6) is 0 Å². The SMILES string of the molecule is [CH]1CCCCCC[CH]CCCCCCCCCCCC1. The number of rotatable bonds is 0. The Morgan fingerprint density at radius 3 is 0.700 bits per heavy atom. The molecule has 0 saturated heterocycles. The third-order valence-corrected chi connectivity index (χ3v) is 4.63. The fourth-order valence-electron chi connectivity index (χ4n) is 3.21. The Labute approximate surface area is 129 Å². The van der Waals surface area contributed by atoms with E-state index in [2.05, 4.69) is 12.8 Å². The van der Waals surface area contributed by atoms with Crippen molar-refractivity contribution >= 4 is 0 Å². The van der Waals surface area contributed by atoms with Crippen LogP contribution in [0.15, 0.2) is 0 Å². The summed E-state index contributed by atoms with van der Waals surface area (Å²) in [6, 6.07) is 0. The summed E-state index contributed by atoms with van der Waals surface area (Å²) in [6.45, 7) is 0. The van der Waals surface area contributed by atoms with Gasteiger partial charge in [0, 0.05) is 0 Å². The molecule has 1 saturated carbocycles. The zero-order valence-electron chi connectivity index (χ0n) is 13.9. The van der Waals surface area contributed by atoms with Crippen molar-refractivity contribution in [2.45, 2.75) is 116 Å². The molecule has 0 aromatic heterocycles. The van der Waals surface area contributed by atoms with Crippen LogP contribution in [0.4, 0.5) is 0 Å². The molecule has 0 aromatic rings. The Kier molecular flexibility index (Phi) is 13.9. The predicted molar refractivity (Wildman–Crippen MR) is 91.7 cm³/mol. The Hall–Kier alpha value is 0. The highest BCUT2D eigenvalue weighted by Gasteiger charge is 1.97. The minimum Gasteiger partial charge on any atom is -0.0533 e. The molecule has 1 aliphatic rings. The van der Waals surface area contributed by atoms with Crippen LogP contribution < -0.4 is 0 Å². The van der Waals surface area contributed by atoms with Crippen molar-refractivity contribution < 1.29 is 0 Å². The highest BCUT2D eigenvalue weighted by atomic mass is 14.0. The van der Waals surface area contributed by atoms with Crippen LogP contribution in [-0.2, 0) is 0 Å². The van der Waals surface area contributed by atoms with Crippen molar-refractivity contribution in [2.75, 3.05) is 0 Å². The van der Waals surface area contributed by atoms with E-state index in [1.807, 2.05) is 0 Å². The second kappa shape index (κ2) is 15.4. The first-order valence-electron chi connectivity index (χ1n) is 9.63. The normalized spacial score (nSPS) is 24.0. The topological polar surface area (TPSA) is 0 Å². The van der Waals surface area contributed by atoms with E-state index in [4.69, 9.17) is 0 Å². The van der Waals surface area contributed by atoms with Gasteiger partial charge in [0.15, 0.2) is 0 Å². The molecule has 0 heteroatoms. The standard InChI is InChI=1S/C20H38/c1-2-4-6-8-10-12-14-16-18-20-19-17-15-13-11-9-7-5-3-1/h1,14H,2-13,15-20H2. The molecule has 1 rings (SSSR count). The molecule has 2 radical (unpaired) electrons. The third kappa shape index (κ3) is 13.0. The molecule has 118 valence electrons. The summed E-state index contributed by atoms with van der Waals surface area (Å²) < 4.78 is 0. The predicted octanol–water partition coefficient (Wildman–Crippen LogP) is 7.43. The molecule has 0 atom stereocenters. The van der Waals surface area contributed by atoms with Gasteiger partial charge in [0.05, 0.1) is 0 Å². The summed E-state index contributed by atoms with van der Waals surface area (Å²) in [6.07, 6.45) is 31.0. The van der Waals surface area contributed by atoms with Crippen molar-refractivity contribution in [3.8, 4) is 0 Å². The van der Waals surface area contributed by atoms with Gasteiger partial charge in [-0.05, 0) is 12.8 Å². The summed E-state index contributed by atoms with van der Waals surface area (Å²) in [7, 11) is 0. The van der Waals surface area contributed by atoms with Crippen molar-refractivity contribution in [2.24, 2.45) is 0 Å². The fourth-order valence-corrected chi connectivity index (χ4v) is 3.21. The van der Waals surface area contributed by atoms with E-state index in [-0.39, 0.29) is 0 Å². The lowest BCUT2D eigenvalue weighted by Gasteiger charge is -2.05. The van der Waals surface area contributed by atoms with Crippen molar-refractivity contribution in [3.63, 3.8) is 0 Å². The van der Waals surface area contributed by atoms with Crippen molar-refractivity contribution in [1.29, 1.82) is 0 Å². The maximum atomic E-state index is 2.55. The lowest BCUT2D eigenvalue weighted by atomic mass is 10.0. The molecule has 1 aliphatic carbocycles. The summed E-state index contributed by atoms with van der Waals surface area (Å²) in [5, 5.41) is 0. The molecule has 0 amide bonds. The molecule has 0 heterocycles. The average Bonchev–Trinajstić information content (AvgIpc) is 2.46. The monoisotopic (exact) mass is 278 g/mol. The zero-order valence-corrected chi connectivity index (χ0v) is 13.9. The molecule has 0 nitrogen and oxygen atoms in total. The maximum Gasteiger partial charge on any atom is -0.0386 e. The van der Waals surface area contributed by atoms with E-state index in [9.17, 15) is 0 Å². The first-order valence-corrected chi connectivity index (χ1v) is 9.63. The van der Waals surface area contributed by atoms with E-state index < -0.39 is 0 Å². The zero-order chi connectivity index (χ0) is 14.1. The van der Waals surface area contributed by atoms with Gasteiger partial charge in [0.2, 0.25) is 0 Å². The molecular formula is C20H38. The summed E-state index contributed by atoms with van der Waals surface area (Å²) in [5.74, 6) is 0. The van der Waals surface area contributed by atoms with Gasteiger partial charge in [-0.15, -0.1) is 0 Å². The highest BCUT2D eigenvalue weighted by Crippen LogP contribution is 2.16. The van der Waals surface area contributed by atoms with E-state index in [1.54, 1.807) is 0 Å². The van der Waals surface area contributed by atoms with Crippen LogP contribution in [-0.4, -0.2) is 0 Å². The number of hydrogen-bond donors (Lipinski definition) is 0. The third-order valence-electron chi connectivity index (χ3n) is 4.63. The number of hydrogen-bond acceptors (Lipinski definition) is 0. The van der Waals surface area contributed by atoms with Gasteiger partial charge in [-0.2, -0.15) is 0 Å². The second-order valence-corrected chi connectivity index (χ2v) is 6.68. The van der Waals surface area contributed by atoms with E-state index in [0.717, 1.165) is 0 Å². The molecular weight excluding hydrogens is 240 g/mol. The quantitative estimate of drug-likeness (QED) is 0.432. The van der Waals surface area contributed by atoms with Crippen LogP contribution in [0.2, 0.25) is 0 Å². The van der Waals surface area contributed by atoms with Gasteiger partial charge in [0.1, 0.15) is 0 Å². The first-order chi connectivity index (χ1) is 10.0. The minimum absolute atomic E-state index is 1.36. The molecule has 1 fully saturated rings. The van der Waals surface area contributed by atoms with Gasteiger partial charge >= 0.3 is 0 Å². The van der Waals surface area contributed by atoms with Gasteiger partial charge in [0.25, 0.3) is 0 Å². The van der Waals surface area contributed by atoms with Crippen LogP contribution in [0.25, 0.3) is 0 Å². The van der Waals surface area contributed by atoms with Crippen LogP contribution in [0.3, 0.4) is 0 Å². The average molecular weight is 279 g/mol. The summed E-state index contributed by atoms with van der Waals surface area (Å²) >= 11 is 0. The summed E-state index contributed by atoms with van der Waals surface area (Å²) in [4.78, 5) is 0. The Balaban J connectivity index is 2.00. The van der Waals surface area contributed by atoms with Gasteiger partial charge in [-0.25, -0.2) is 0 Å². The van der Waals surface area contributed by atoms with E-state index in [0.29, 0.717) is 0 Å². The lowest BCUT2D eigenvalue weighted by molar-refractivity contribution is 0.541. The van der Waals surface area contributed by atoms with Crippen molar-refractivity contribution in [3.05, 3.63) is 12.8 Å². The Bertz CT molecular complexity index is 86.4. The van der Waals surface area contributed by atoms with Crippen LogP contribution >= 0.6 is 0 Å². The Morgan fingerprint density at radius 2 is 0.450 bits per heavy atom. The molecule has 0 unspecified atom stereocenters. The van der Waals surface area contributed by atoms with E-state index in [1.165, 1.54) is 116 Å². The maximum absolute atomic E-state index is 2.55. The molecule has 20 heavy (non-hydrogen) atoms. The smallest absolute Gasteiger partial charge is 0.0386 e. The van der Waals surface area contributed by atoms with Crippen molar-refractivity contribution in [1.82, 2.24) is 0 Å². The highest BCUT2D eigenvalue weighted by molar-refractivity contribution is 4.67. The van der Waals surface area contributed by atoms with E-state index >= 15 is 0 Å². The van der Waals surface area contributed by atoms with Crippen LogP contribution in [0, 0.1) is 12.8 Å². The fraction of sp³-hybridized carbons (Fsp3) is 0.900. The summed E-state index contributed by atoms with van der Waals surface area (Å²) in [5.41, 5.74) is 0. The van der Waals surface area contributed by atoms with Gasteiger partial charge in [-0.3, -0.25) is 0 Å². The largest absolute Gasteiger partial charge is 0.0533 e. The molecule has 0 spiro atoms. The van der Waals surface area contributed by atoms with Gasteiger partial charge < -0.3 is 0 Å². The van der Waals surface area contributed by atoms with Gasteiger partial charge in [-0.1, -0.05) is 116 Å². The Morgan fingerprint density at radius 1 is 0.250 bits per heavy atom.